The van der Waals surface area contributed by atoms with Crippen molar-refractivity contribution in [2.24, 2.45) is 0 Å². The van der Waals surface area contributed by atoms with E-state index in [1.807, 2.05) is 59.7 Å². The maximum absolute atomic E-state index is 12.9. The summed E-state index contributed by atoms with van der Waals surface area (Å²) in [5, 5.41) is 11.6. The predicted octanol–water partition coefficient (Wildman–Crippen LogP) is 4.66. The summed E-state index contributed by atoms with van der Waals surface area (Å²) in [6.07, 6.45) is 0. The second kappa shape index (κ2) is 9.62. The van der Waals surface area contributed by atoms with Gasteiger partial charge in [0.05, 0.1) is 26.9 Å². The summed E-state index contributed by atoms with van der Waals surface area (Å²) >= 11 is 2.96. The molecule has 1 aliphatic rings. The van der Waals surface area contributed by atoms with Gasteiger partial charge in [-0.1, -0.05) is 43.0 Å². The third-order valence-electron chi connectivity index (χ3n) is 5.88. The van der Waals surface area contributed by atoms with Gasteiger partial charge >= 0.3 is 0 Å². The van der Waals surface area contributed by atoms with Crippen LogP contribution in [0.2, 0.25) is 0 Å². The van der Waals surface area contributed by atoms with Crippen LogP contribution in [-0.4, -0.2) is 68.9 Å². The van der Waals surface area contributed by atoms with Gasteiger partial charge in [0, 0.05) is 31.6 Å². The number of likely N-dealkylation sites (N-methyl/N-ethyl adjacent to an activating group) is 1. The van der Waals surface area contributed by atoms with E-state index in [0.29, 0.717) is 11.1 Å². The molecule has 0 unspecified atom stereocenters. The van der Waals surface area contributed by atoms with Gasteiger partial charge in [-0.15, -0.1) is 21.5 Å². The Balaban J connectivity index is 1.37. The number of thioether (sulfide) groups is 1. The Morgan fingerprint density at radius 1 is 1.15 bits per heavy atom. The van der Waals surface area contributed by atoms with Gasteiger partial charge in [0.15, 0.2) is 0 Å². The van der Waals surface area contributed by atoms with E-state index in [2.05, 4.69) is 22.0 Å². The molecule has 0 bridgehead atoms. The first kappa shape index (κ1) is 22.1. The normalized spacial score (nSPS) is 15.8. The van der Waals surface area contributed by atoms with Crippen molar-refractivity contribution in [2.75, 3.05) is 32.7 Å². The van der Waals surface area contributed by atoms with Gasteiger partial charge in [0.1, 0.15) is 0 Å². The molecule has 0 saturated carbocycles. The number of piperazine rings is 1. The molecule has 0 N–H and O–H groups in total. The minimum atomic E-state index is -0.289. The number of pyridine rings is 1. The van der Waals surface area contributed by atoms with Gasteiger partial charge in [-0.25, -0.2) is 4.98 Å². The molecule has 4 heterocycles. The van der Waals surface area contributed by atoms with E-state index in [1.54, 1.807) is 11.3 Å². The van der Waals surface area contributed by atoms with Crippen LogP contribution in [0.1, 0.15) is 13.8 Å². The van der Waals surface area contributed by atoms with Crippen LogP contribution in [-0.2, 0) is 4.79 Å². The van der Waals surface area contributed by atoms with Crippen molar-refractivity contribution in [1.82, 2.24) is 25.0 Å². The Hall–Kier alpha value is -2.75. The number of thiophene rings is 1. The van der Waals surface area contributed by atoms with Crippen molar-refractivity contribution < 1.29 is 9.21 Å². The zero-order chi connectivity index (χ0) is 22.8. The van der Waals surface area contributed by atoms with E-state index in [0.717, 1.165) is 59.8 Å². The molecule has 5 rings (SSSR count). The fraction of sp³-hybridized carbons (Fsp3) is 0.333. The maximum atomic E-state index is 12.9. The Kier molecular flexibility index (Phi) is 6.43. The van der Waals surface area contributed by atoms with Gasteiger partial charge in [0.25, 0.3) is 5.22 Å². The first-order valence-corrected chi connectivity index (χ1v) is 12.8. The van der Waals surface area contributed by atoms with Crippen LogP contribution in [0.25, 0.3) is 32.9 Å². The largest absolute Gasteiger partial charge is 0.411 e. The number of aromatic nitrogens is 3. The lowest BCUT2D eigenvalue weighted by molar-refractivity contribution is -0.132. The van der Waals surface area contributed by atoms with Crippen molar-refractivity contribution in [3.8, 4) is 22.0 Å². The second-order valence-corrected chi connectivity index (χ2v) is 10.2. The van der Waals surface area contributed by atoms with Crippen molar-refractivity contribution in [3.63, 3.8) is 0 Å². The van der Waals surface area contributed by atoms with Gasteiger partial charge in [-0.05, 0) is 37.0 Å². The third-order valence-corrected chi connectivity index (χ3v) is 7.70. The summed E-state index contributed by atoms with van der Waals surface area (Å²) in [7, 11) is 0. The van der Waals surface area contributed by atoms with Crippen molar-refractivity contribution in [1.29, 1.82) is 0 Å². The minimum absolute atomic E-state index is 0.116. The van der Waals surface area contributed by atoms with Crippen LogP contribution in [0.15, 0.2) is 57.5 Å². The Bertz CT molecular complexity index is 1250. The number of para-hydroxylation sites is 1. The lowest BCUT2D eigenvalue weighted by Crippen LogP contribution is -2.50. The fourth-order valence-electron chi connectivity index (χ4n) is 4.01. The number of benzene rings is 1. The van der Waals surface area contributed by atoms with Gasteiger partial charge in [-0.3, -0.25) is 4.79 Å². The van der Waals surface area contributed by atoms with Crippen LogP contribution in [0.3, 0.4) is 0 Å². The first-order chi connectivity index (χ1) is 16.1. The zero-order valence-corrected chi connectivity index (χ0v) is 20.2. The molecule has 0 radical (unpaired) electrons. The molecule has 3 aromatic heterocycles. The molecule has 1 aromatic carbocycles. The molecule has 0 spiro atoms. The van der Waals surface area contributed by atoms with Crippen molar-refractivity contribution in [2.45, 2.75) is 24.3 Å². The number of amides is 1. The predicted molar refractivity (Wildman–Crippen MR) is 132 cm³/mol. The number of rotatable bonds is 6. The minimum Gasteiger partial charge on any atom is -0.411 e. The molecule has 4 aromatic rings. The molecule has 1 amide bonds. The molecule has 33 heavy (non-hydrogen) atoms. The Labute approximate surface area is 200 Å². The number of hydrogen-bond acceptors (Lipinski definition) is 8. The molecular weight excluding hydrogens is 454 g/mol. The quantitative estimate of drug-likeness (QED) is 0.372. The lowest BCUT2D eigenvalue weighted by Gasteiger charge is -2.35. The van der Waals surface area contributed by atoms with Crippen LogP contribution in [0.5, 0.6) is 0 Å². The summed E-state index contributed by atoms with van der Waals surface area (Å²) in [4.78, 5) is 23.1. The fourth-order valence-corrected chi connectivity index (χ4v) is 5.47. The van der Waals surface area contributed by atoms with Gasteiger partial charge < -0.3 is 14.2 Å². The molecule has 1 saturated heterocycles. The second-order valence-electron chi connectivity index (χ2n) is 7.94. The number of hydrogen-bond donors (Lipinski definition) is 0. The Morgan fingerprint density at radius 3 is 2.73 bits per heavy atom. The van der Waals surface area contributed by atoms with E-state index in [1.165, 1.54) is 11.8 Å². The number of nitrogens with zero attached hydrogens (tertiary/aromatic N) is 5. The average Bonchev–Trinajstić information content (AvgIpc) is 3.56. The molecule has 1 fully saturated rings. The van der Waals surface area contributed by atoms with E-state index in [9.17, 15) is 4.79 Å². The van der Waals surface area contributed by atoms with E-state index in [4.69, 9.17) is 9.40 Å². The third kappa shape index (κ3) is 4.66. The number of fused-ring (bicyclic) bond motifs is 1. The summed E-state index contributed by atoms with van der Waals surface area (Å²) in [5.41, 5.74) is 2.60. The monoisotopic (exact) mass is 479 g/mol. The molecular formula is C24H25N5O2S2. The highest BCUT2D eigenvalue weighted by Crippen LogP contribution is 2.34. The maximum Gasteiger partial charge on any atom is 0.277 e. The molecule has 0 aliphatic carbocycles. The zero-order valence-electron chi connectivity index (χ0n) is 18.6. The lowest BCUT2D eigenvalue weighted by atomic mass is 10.1. The molecule has 9 heteroatoms. The van der Waals surface area contributed by atoms with E-state index < -0.39 is 0 Å². The summed E-state index contributed by atoms with van der Waals surface area (Å²) in [6.45, 7) is 8.45. The molecule has 1 aliphatic heterocycles. The molecule has 1 atom stereocenters. The van der Waals surface area contributed by atoms with E-state index in [-0.39, 0.29) is 11.2 Å². The van der Waals surface area contributed by atoms with E-state index >= 15 is 0 Å². The molecule has 170 valence electrons. The molecule has 7 nitrogen and oxygen atoms in total. The standard InChI is InChI=1S/C24H25N5O2S2/c1-3-28-10-12-29(13-11-28)23(30)16(2)33-24-27-26-22(31-24)18-15-20(21-9-6-14-32-21)25-19-8-5-4-7-17(18)19/h4-9,14-16H,3,10-13H2,1-2H3/t16-/m1/s1. The van der Waals surface area contributed by atoms with Crippen LogP contribution >= 0.6 is 23.1 Å². The summed E-state index contributed by atoms with van der Waals surface area (Å²) in [6, 6.07) is 14.0. The van der Waals surface area contributed by atoms with Gasteiger partial charge in [0.2, 0.25) is 11.8 Å². The highest BCUT2D eigenvalue weighted by atomic mass is 32.2. The van der Waals surface area contributed by atoms with Crippen LogP contribution in [0.4, 0.5) is 0 Å². The van der Waals surface area contributed by atoms with Crippen LogP contribution < -0.4 is 0 Å². The Morgan fingerprint density at radius 2 is 1.97 bits per heavy atom. The number of carbonyl (C=O) groups is 1. The summed E-state index contributed by atoms with van der Waals surface area (Å²) in [5.74, 6) is 0.551. The highest BCUT2D eigenvalue weighted by Gasteiger charge is 2.27. The van der Waals surface area contributed by atoms with Crippen molar-refractivity contribution >= 4 is 39.9 Å². The van der Waals surface area contributed by atoms with Crippen molar-refractivity contribution in [3.05, 3.63) is 47.8 Å². The SMILES string of the molecule is CCN1CCN(C(=O)[C@@H](C)Sc2nnc(-c3cc(-c4cccs4)nc4ccccc34)o2)CC1. The average molecular weight is 480 g/mol. The summed E-state index contributed by atoms with van der Waals surface area (Å²) < 4.78 is 6.03. The topological polar surface area (TPSA) is 75.4 Å². The van der Waals surface area contributed by atoms with Gasteiger partial charge in [-0.2, -0.15) is 0 Å². The number of carbonyl (C=O) groups excluding carboxylic acids is 1. The highest BCUT2D eigenvalue weighted by molar-refractivity contribution is 8.00. The first-order valence-electron chi connectivity index (χ1n) is 11.1. The smallest absolute Gasteiger partial charge is 0.277 e. The van der Waals surface area contributed by atoms with Crippen LogP contribution in [0, 0.1) is 0 Å².